The van der Waals surface area contributed by atoms with Crippen LogP contribution in [-0.2, 0) is 19.5 Å². The van der Waals surface area contributed by atoms with Crippen LogP contribution in [0.4, 0.5) is 11.4 Å². The molecule has 0 aliphatic heterocycles. The van der Waals surface area contributed by atoms with Crippen molar-refractivity contribution in [3.63, 3.8) is 0 Å². The van der Waals surface area contributed by atoms with Gasteiger partial charge in [0, 0.05) is 39.3 Å². The Balaban J connectivity index is 0.00000420. The first-order valence-electron chi connectivity index (χ1n) is 7.82. The maximum absolute atomic E-state index is 12.8. The van der Waals surface area contributed by atoms with E-state index >= 15 is 0 Å². The molecule has 0 radical (unpaired) electrons. The number of hydrogen-bond acceptors (Lipinski definition) is 10. The summed E-state index contributed by atoms with van der Waals surface area (Å²) in [7, 11) is 1.94. The van der Waals surface area contributed by atoms with Crippen LogP contribution in [0.1, 0.15) is 15.9 Å². The van der Waals surface area contributed by atoms with Gasteiger partial charge in [-0.15, -0.1) is 0 Å². The molecule has 0 amide bonds. The molecule has 2 aromatic rings. The third kappa shape index (κ3) is 7.47. The quantitative estimate of drug-likeness (QED) is 0.0924. The summed E-state index contributed by atoms with van der Waals surface area (Å²) >= 11 is 0.635. The fraction of sp³-hybridized carbons (Fsp3) is 0.235. The predicted molar refractivity (Wildman–Crippen MR) is 101 cm³/mol. The minimum Gasteiger partial charge on any atom is -0.744 e. The maximum Gasteiger partial charge on any atom is 1.00 e. The minimum atomic E-state index is -4.78. The molecule has 0 saturated carbocycles. The number of ketones is 1. The van der Waals surface area contributed by atoms with Crippen LogP contribution in [0.3, 0.4) is 0 Å². The van der Waals surface area contributed by atoms with E-state index in [4.69, 9.17) is 0 Å². The Kier molecular flexibility index (Phi) is 12.7. The van der Waals surface area contributed by atoms with E-state index in [0.29, 0.717) is 22.6 Å². The average Bonchev–Trinajstić information content (AvgIpc) is 2.64. The van der Waals surface area contributed by atoms with Gasteiger partial charge in [-0.2, -0.15) is 4.33 Å². The van der Waals surface area contributed by atoms with Crippen LogP contribution in [0.5, 0.6) is 0 Å². The predicted octanol–water partition coefficient (Wildman–Crippen LogP) is -4.81. The molecule has 0 aliphatic rings. The van der Waals surface area contributed by atoms with E-state index in [1.165, 1.54) is 23.1 Å². The fourth-order valence-electron chi connectivity index (χ4n) is 2.53. The monoisotopic (exact) mass is 472 g/mol. The first kappa shape index (κ1) is 29.9. The summed E-state index contributed by atoms with van der Waals surface area (Å²) in [6.45, 7) is 0. The number of carbonyl (C=O) groups is 1. The van der Waals surface area contributed by atoms with Gasteiger partial charge in [0.15, 0.2) is 5.78 Å². The second-order valence-corrected chi connectivity index (χ2v) is 8.25. The minimum absolute atomic E-state index is 0. The van der Waals surface area contributed by atoms with Crippen molar-refractivity contribution in [2.45, 2.75) is 9.79 Å². The zero-order valence-corrected chi connectivity index (χ0v) is 23.2. The molecular weight excluding hydrogens is 454 g/mol. The first-order chi connectivity index (χ1) is 13.1. The van der Waals surface area contributed by atoms with Crippen molar-refractivity contribution in [2.24, 2.45) is 0 Å². The summed E-state index contributed by atoms with van der Waals surface area (Å²) < 4.78 is 39.2. The van der Waals surface area contributed by atoms with E-state index in [0.717, 1.165) is 6.07 Å². The number of hydrogen-bond donors (Lipinski definition) is 0. The van der Waals surface area contributed by atoms with E-state index in [-0.39, 0.29) is 75.9 Å². The van der Waals surface area contributed by atoms with Crippen molar-refractivity contribution in [3.05, 3.63) is 47.5 Å². The average molecular weight is 472 g/mol. The summed E-state index contributed by atoms with van der Waals surface area (Å²) in [5, 5.41) is 13.5. The van der Waals surface area contributed by atoms with E-state index in [9.17, 15) is 23.0 Å². The van der Waals surface area contributed by atoms with Crippen LogP contribution < -0.4 is 74.2 Å². The van der Waals surface area contributed by atoms with E-state index < -0.39 is 20.8 Å². The molecule has 2 rings (SSSR count). The second kappa shape index (κ2) is 12.8. The van der Waals surface area contributed by atoms with Crippen molar-refractivity contribution in [2.75, 3.05) is 38.0 Å². The third-order valence-corrected chi connectivity index (χ3v) is 5.32. The molecule has 0 N–H and O–H groups in total. The first-order valence-corrected chi connectivity index (χ1v) is 9.97. The number of nitrogens with zero attached hydrogens (tertiary/aromatic N) is 2. The molecule has 0 aromatic heterocycles. The van der Waals surface area contributed by atoms with E-state index in [1.807, 2.05) is 0 Å². The van der Waals surface area contributed by atoms with Gasteiger partial charge in [-0.25, -0.2) is 8.42 Å². The van der Waals surface area contributed by atoms with Crippen molar-refractivity contribution in [3.8, 4) is 0 Å². The van der Waals surface area contributed by atoms with Crippen LogP contribution in [-0.4, -0.2) is 46.9 Å². The molecule has 30 heavy (non-hydrogen) atoms. The molecule has 13 heteroatoms. The molecule has 0 saturated heterocycles. The number of carbonyl (C=O) groups excluding carboxylic acids is 1. The normalized spacial score (nSPS) is 10.6. The Morgan fingerprint density at radius 3 is 1.90 bits per heavy atom. The standard InChI is InChI=1S/C17H20N2O7S2.2Na/c1-18(2)13-7-5-11(9-15(13)27-26-25-21)17(20)12-6-8-14(19(3)4)16(10-12)28(22,23)24;;/h5-10,21H,1-4H3,(H,22,23,24);;/q;2*+1/p-2. The summed E-state index contributed by atoms with van der Waals surface area (Å²) in [5.41, 5.74) is 1.11. The molecule has 0 heterocycles. The van der Waals surface area contributed by atoms with Gasteiger partial charge in [-0.05, 0) is 36.4 Å². The Hall–Kier alpha value is -0.150. The van der Waals surface area contributed by atoms with Gasteiger partial charge < -0.3 is 19.6 Å². The molecule has 0 aliphatic carbocycles. The van der Waals surface area contributed by atoms with Crippen LogP contribution in [0.25, 0.3) is 0 Å². The van der Waals surface area contributed by atoms with Gasteiger partial charge in [0.25, 0.3) is 0 Å². The number of rotatable bonds is 8. The van der Waals surface area contributed by atoms with Gasteiger partial charge in [-0.3, -0.25) is 9.83 Å². The van der Waals surface area contributed by atoms with Crippen molar-refractivity contribution >= 4 is 39.3 Å². The topological polar surface area (TPSA) is 122 Å². The Morgan fingerprint density at radius 1 is 0.933 bits per heavy atom. The van der Waals surface area contributed by atoms with Gasteiger partial charge in [0.05, 0.1) is 33.2 Å². The maximum atomic E-state index is 12.8. The summed E-state index contributed by atoms with van der Waals surface area (Å²) in [6.07, 6.45) is 0. The largest absolute Gasteiger partial charge is 1.00 e. The molecule has 152 valence electrons. The Morgan fingerprint density at radius 2 is 1.43 bits per heavy atom. The van der Waals surface area contributed by atoms with Gasteiger partial charge in [-0.1, -0.05) is 0 Å². The molecule has 0 bridgehead atoms. The molecule has 2 aromatic carbocycles. The second-order valence-electron chi connectivity index (χ2n) is 6.16. The van der Waals surface area contributed by atoms with Gasteiger partial charge in [0.1, 0.15) is 10.1 Å². The number of anilines is 2. The van der Waals surface area contributed by atoms with Crippen molar-refractivity contribution in [1.82, 2.24) is 0 Å². The summed E-state index contributed by atoms with van der Waals surface area (Å²) in [5.74, 6) is -0.495. The van der Waals surface area contributed by atoms with E-state index in [2.05, 4.69) is 9.37 Å². The molecule has 9 nitrogen and oxygen atoms in total. The zero-order valence-electron chi connectivity index (χ0n) is 17.5. The molecule has 0 unspecified atom stereocenters. The van der Waals surface area contributed by atoms with Gasteiger partial charge >= 0.3 is 59.1 Å². The zero-order chi connectivity index (χ0) is 21.1. The summed E-state index contributed by atoms with van der Waals surface area (Å²) in [6, 6.07) is 8.57. The van der Waals surface area contributed by atoms with Gasteiger partial charge in [0.2, 0.25) is 0 Å². The Labute approximate surface area is 224 Å². The van der Waals surface area contributed by atoms with Crippen LogP contribution in [0.2, 0.25) is 0 Å². The van der Waals surface area contributed by atoms with E-state index in [1.54, 1.807) is 45.2 Å². The van der Waals surface area contributed by atoms with Crippen molar-refractivity contribution < 1.29 is 91.5 Å². The molecular formula is C17H18N2Na2O7S2. The fourth-order valence-corrected chi connectivity index (χ4v) is 3.92. The van der Waals surface area contributed by atoms with Crippen LogP contribution >= 0.6 is 12.0 Å². The molecule has 0 spiro atoms. The van der Waals surface area contributed by atoms with Crippen molar-refractivity contribution in [1.29, 1.82) is 0 Å². The Bertz CT molecular complexity index is 986. The van der Waals surface area contributed by atoms with Crippen LogP contribution in [0.15, 0.2) is 46.2 Å². The smallest absolute Gasteiger partial charge is 0.744 e. The SMILES string of the molecule is CN(C)c1ccc(C(=O)c2ccc(N(C)C)c(S(=O)(=O)[O-])c2)cc1SOO[O-].[Na+].[Na+]. The molecule has 0 fully saturated rings. The summed E-state index contributed by atoms with van der Waals surface area (Å²) in [4.78, 5) is 16.0. The van der Waals surface area contributed by atoms with Crippen LogP contribution in [0, 0.1) is 0 Å². The number of benzene rings is 2. The molecule has 0 atom stereocenters. The third-order valence-electron chi connectivity index (χ3n) is 3.83.